The zero-order chi connectivity index (χ0) is 20.5. The molecule has 2 heterocycles. The third kappa shape index (κ3) is 6.75. The molecule has 0 atom stereocenters. The van der Waals surface area contributed by atoms with Crippen LogP contribution in [0.25, 0.3) is 0 Å². The third-order valence-corrected chi connectivity index (χ3v) is 5.95. The highest BCUT2D eigenvalue weighted by Gasteiger charge is 2.20. The number of aliphatic imine (C=N–C) groups is 1. The summed E-state index contributed by atoms with van der Waals surface area (Å²) in [4.78, 5) is 7.36. The topological polar surface area (TPSA) is 48.9 Å². The number of piperidine rings is 1. The van der Waals surface area contributed by atoms with E-state index in [0.29, 0.717) is 19.2 Å². The van der Waals surface area contributed by atoms with Crippen LogP contribution in [0.2, 0.25) is 0 Å². The third-order valence-electron chi connectivity index (χ3n) is 5.22. The van der Waals surface area contributed by atoms with Gasteiger partial charge in [-0.3, -0.25) is 4.90 Å². The highest BCUT2D eigenvalue weighted by Crippen LogP contribution is 2.20. The maximum atomic E-state index is 5.63. The van der Waals surface area contributed by atoms with E-state index in [1.54, 1.807) is 11.3 Å². The molecule has 2 aromatic rings. The summed E-state index contributed by atoms with van der Waals surface area (Å²) in [7, 11) is 0. The average molecular weight is 415 g/mol. The zero-order valence-corrected chi connectivity index (χ0v) is 18.7. The molecule has 3 rings (SSSR count). The fourth-order valence-corrected chi connectivity index (χ4v) is 4.35. The van der Waals surface area contributed by atoms with E-state index in [4.69, 9.17) is 9.73 Å². The molecule has 5 nitrogen and oxygen atoms in total. The number of nitrogens with zero attached hydrogens (tertiary/aromatic N) is 2. The van der Waals surface area contributed by atoms with Gasteiger partial charge in [0.25, 0.3) is 0 Å². The van der Waals surface area contributed by atoms with Gasteiger partial charge < -0.3 is 15.4 Å². The minimum Gasteiger partial charge on any atom is -0.494 e. The molecule has 0 saturated carbocycles. The molecule has 2 N–H and O–H groups in total. The first kappa shape index (κ1) is 21.7. The van der Waals surface area contributed by atoms with Gasteiger partial charge in [0.15, 0.2) is 5.96 Å². The van der Waals surface area contributed by atoms with E-state index in [1.807, 2.05) is 13.0 Å². The lowest BCUT2D eigenvalue weighted by atomic mass is 10.0. The number of hydrogen-bond donors (Lipinski definition) is 2. The fourth-order valence-electron chi connectivity index (χ4n) is 3.69. The van der Waals surface area contributed by atoms with E-state index in [1.165, 1.54) is 11.1 Å². The van der Waals surface area contributed by atoms with E-state index >= 15 is 0 Å². The summed E-state index contributed by atoms with van der Waals surface area (Å²) in [6.45, 7) is 11.8. The molecule has 158 valence electrons. The van der Waals surface area contributed by atoms with E-state index in [0.717, 1.165) is 56.3 Å². The molecule has 0 bridgehead atoms. The van der Waals surface area contributed by atoms with Crippen LogP contribution in [-0.2, 0) is 13.1 Å². The average Bonchev–Trinajstić information content (AvgIpc) is 3.23. The van der Waals surface area contributed by atoms with Crippen molar-refractivity contribution in [3.63, 3.8) is 0 Å². The molecule has 6 heteroatoms. The van der Waals surface area contributed by atoms with Gasteiger partial charge in [-0.1, -0.05) is 12.1 Å². The van der Waals surface area contributed by atoms with Gasteiger partial charge in [-0.25, -0.2) is 4.99 Å². The molecule has 0 spiro atoms. The number of likely N-dealkylation sites (tertiary alicyclic amines) is 1. The molecular weight excluding hydrogens is 380 g/mol. The second-order valence-electron chi connectivity index (χ2n) is 7.55. The van der Waals surface area contributed by atoms with E-state index in [9.17, 15) is 0 Å². The first-order valence-electron chi connectivity index (χ1n) is 10.7. The monoisotopic (exact) mass is 414 g/mol. The first-order valence-corrected chi connectivity index (χ1v) is 11.6. The number of rotatable bonds is 8. The van der Waals surface area contributed by atoms with Gasteiger partial charge in [0.05, 0.1) is 13.2 Å². The van der Waals surface area contributed by atoms with Gasteiger partial charge in [0, 0.05) is 32.2 Å². The minimum absolute atomic E-state index is 0.480. The van der Waals surface area contributed by atoms with Gasteiger partial charge >= 0.3 is 0 Å². The second-order valence-corrected chi connectivity index (χ2v) is 8.33. The van der Waals surface area contributed by atoms with Crippen LogP contribution in [0.3, 0.4) is 0 Å². The number of guanidine groups is 1. The summed E-state index contributed by atoms with van der Waals surface area (Å²) < 4.78 is 5.63. The summed E-state index contributed by atoms with van der Waals surface area (Å²) in [5.74, 6) is 1.87. The van der Waals surface area contributed by atoms with Crippen molar-refractivity contribution in [3.8, 4) is 5.75 Å². The van der Waals surface area contributed by atoms with Crippen molar-refractivity contribution in [3.05, 3.63) is 51.7 Å². The van der Waals surface area contributed by atoms with E-state index < -0.39 is 0 Å². The Kier molecular flexibility index (Phi) is 8.38. The molecular formula is C23H34N4OS. The second kappa shape index (κ2) is 11.2. The molecule has 0 aliphatic carbocycles. The van der Waals surface area contributed by atoms with Gasteiger partial charge in [0.1, 0.15) is 5.75 Å². The Hall–Kier alpha value is -2.05. The first-order chi connectivity index (χ1) is 14.2. The maximum Gasteiger partial charge on any atom is 0.191 e. The number of nitrogens with one attached hydrogen (secondary N) is 2. The lowest BCUT2D eigenvalue weighted by Crippen LogP contribution is -2.48. The predicted molar refractivity (Wildman–Crippen MR) is 123 cm³/mol. The minimum atomic E-state index is 0.480. The van der Waals surface area contributed by atoms with Crippen molar-refractivity contribution < 1.29 is 4.74 Å². The molecule has 0 amide bonds. The van der Waals surface area contributed by atoms with Crippen molar-refractivity contribution in [1.82, 2.24) is 15.5 Å². The van der Waals surface area contributed by atoms with Crippen LogP contribution in [0, 0.1) is 6.92 Å². The fraction of sp³-hybridized carbons (Fsp3) is 0.522. The van der Waals surface area contributed by atoms with Crippen LogP contribution in [0.1, 0.15) is 43.4 Å². The zero-order valence-electron chi connectivity index (χ0n) is 17.9. The summed E-state index contributed by atoms with van der Waals surface area (Å²) in [6, 6.07) is 9.03. The smallest absolute Gasteiger partial charge is 0.191 e. The SMILES string of the molecule is CCNC(=NCc1ccc(OCC)c(C)c1)NC1CCN(Cc2ccsc2)CC1. The van der Waals surface area contributed by atoms with Crippen LogP contribution < -0.4 is 15.4 Å². The Bertz CT molecular complexity index is 767. The lowest BCUT2D eigenvalue weighted by Gasteiger charge is -2.33. The highest BCUT2D eigenvalue weighted by atomic mass is 32.1. The molecule has 1 aliphatic heterocycles. The van der Waals surface area contributed by atoms with Crippen LogP contribution in [0.15, 0.2) is 40.0 Å². The number of hydrogen-bond acceptors (Lipinski definition) is 4. The Morgan fingerprint density at radius 1 is 1.21 bits per heavy atom. The normalized spacial score (nSPS) is 16.0. The summed E-state index contributed by atoms with van der Waals surface area (Å²) in [5.41, 5.74) is 3.80. The van der Waals surface area contributed by atoms with Crippen molar-refractivity contribution >= 4 is 17.3 Å². The van der Waals surface area contributed by atoms with Crippen LogP contribution in [-0.4, -0.2) is 43.1 Å². The molecule has 0 radical (unpaired) electrons. The Labute approximate surface area is 179 Å². The molecule has 0 unspecified atom stereocenters. The van der Waals surface area contributed by atoms with E-state index in [-0.39, 0.29) is 0 Å². The molecule has 1 aromatic heterocycles. The number of aryl methyl sites for hydroxylation is 1. The number of ether oxygens (including phenoxy) is 1. The van der Waals surface area contributed by atoms with Crippen LogP contribution in [0.4, 0.5) is 0 Å². The van der Waals surface area contributed by atoms with Crippen molar-refractivity contribution in [2.75, 3.05) is 26.2 Å². The van der Waals surface area contributed by atoms with Crippen LogP contribution in [0.5, 0.6) is 5.75 Å². The summed E-state index contributed by atoms with van der Waals surface area (Å²) in [6.07, 6.45) is 2.30. The van der Waals surface area contributed by atoms with E-state index in [2.05, 4.69) is 58.3 Å². The van der Waals surface area contributed by atoms with Crippen LogP contribution >= 0.6 is 11.3 Å². The number of benzene rings is 1. The van der Waals surface area contributed by atoms with Crippen molar-refractivity contribution in [2.45, 2.75) is 52.7 Å². The lowest BCUT2D eigenvalue weighted by molar-refractivity contribution is 0.198. The van der Waals surface area contributed by atoms with Gasteiger partial charge in [-0.15, -0.1) is 0 Å². The number of thiophene rings is 1. The van der Waals surface area contributed by atoms with Gasteiger partial charge in [-0.05, 0) is 73.2 Å². The summed E-state index contributed by atoms with van der Waals surface area (Å²) >= 11 is 1.78. The maximum absolute atomic E-state index is 5.63. The molecule has 1 aliphatic rings. The highest BCUT2D eigenvalue weighted by molar-refractivity contribution is 7.07. The molecule has 1 saturated heterocycles. The summed E-state index contributed by atoms with van der Waals surface area (Å²) in [5, 5.41) is 11.5. The predicted octanol–water partition coefficient (Wildman–Crippen LogP) is 4.17. The standard InChI is InChI=1S/C23H34N4OS/c1-4-24-23(25-15-19-6-7-22(28-5-2)18(3)14-19)26-21-8-11-27(12-9-21)16-20-10-13-29-17-20/h6-7,10,13-14,17,21H,4-5,8-9,11-12,15-16H2,1-3H3,(H2,24,25,26). The van der Waals surface area contributed by atoms with Crippen molar-refractivity contribution in [2.24, 2.45) is 4.99 Å². The largest absolute Gasteiger partial charge is 0.494 e. The Balaban J connectivity index is 1.51. The van der Waals surface area contributed by atoms with Gasteiger partial charge in [0.2, 0.25) is 0 Å². The molecule has 29 heavy (non-hydrogen) atoms. The van der Waals surface area contributed by atoms with Gasteiger partial charge in [-0.2, -0.15) is 11.3 Å². The quantitative estimate of drug-likeness (QED) is 0.503. The molecule has 1 fully saturated rings. The molecule has 1 aromatic carbocycles. The Morgan fingerprint density at radius 2 is 2.03 bits per heavy atom. The van der Waals surface area contributed by atoms with Crippen molar-refractivity contribution in [1.29, 1.82) is 0 Å². The Morgan fingerprint density at radius 3 is 2.69 bits per heavy atom.